The van der Waals surface area contributed by atoms with Crippen molar-refractivity contribution in [2.45, 2.75) is 0 Å². The number of nitrogen functional groups attached to an aromatic ring is 1. The van der Waals surface area contributed by atoms with Crippen LogP contribution in [0, 0.1) is 5.92 Å². The molecule has 3 N–H and O–H groups in total. The molecule has 1 atom stereocenters. The number of nitrogens with zero attached hydrogens (tertiary/aromatic N) is 4. The summed E-state index contributed by atoms with van der Waals surface area (Å²) in [5.41, 5.74) is 8.48. The van der Waals surface area contributed by atoms with E-state index in [1.807, 2.05) is 32.4 Å². The Morgan fingerprint density at radius 3 is 2.88 bits per heavy atom. The molecule has 0 bridgehead atoms. The van der Waals surface area contributed by atoms with Crippen LogP contribution in [-0.2, 0) is 11.8 Å². The molecule has 0 aliphatic carbocycles. The highest BCUT2D eigenvalue weighted by Gasteiger charge is 2.21. The van der Waals surface area contributed by atoms with Crippen LogP contribution >= 0.6 is 0 Å². The van der Waals surface area contributed by atoms with Gasteiger partial charge >= 0.3 is 0 Å². The van der Waals surface area contributed by atoms with E-state index in [-0.39, 0.29) is 11.8 Å². The third-order valence-corrected chi connectivity index (χ3v) is 3.88. The predicted molar refractivity (Wildman–Crippen MR) is 96.2 cm³/mol. The lowest BCUT2D eigenvalue weighted by atomic mass is 10.1. The van der Waals surface area contributed by atoms with E-state index in [0.717, 1.165) is 11.1 Å². The molecule has 1 aromatic heterocycles. The number of benzene rings is 1. The van der Waals surface area contributed by atoms with E-state index in [2.05, 4.69) is 15.5 Å². The minimum Gasteiger partial charge on any atom is -0.492 e. The number of nitrogens with two attached hydrogens (primary N) is 1. The molecule has 25 heavy (non-hydrogen) atoms. The van der Waals surface area contributed by atoms with E-state index in [9.17, 15) is 4.79 Å². The van der Waals surface area contributed by atoms with Crippen molar-refractivity contribution in [2.75, 3.05) is 32.5 Å². The lowest BCUT2D eigenvalue weighted by Gasteiger charge is -2.12. The summed E-state index contributed by atoms with van der Waals surface area (Å²) in [7, 11) is 3.70. The summed E-state index contributed by atoms with van der Waals surface area (Å²) >= 11 is 0. The van der Waals surface area contributed by atoms with Gasteiger partial charge in [0.1, 0.15) is 12.4 Å². The molecule has 0 radical (unpaired) electrons. The molecule has 0 spiro atoms. The van der Waals surface area contributed by atoms with Gasteiger partial charge in [0.15, 0.2) is 0 Å². The van der Waals surface area contributed by atoms with Gasteiger partial charge in [-0.2, -0.15) is 10.2 Å². The second-order valence-corrected chi connectivity index (χ2v) is 6.04. The monoisotopic (exact) mass is 342 g/mol. The molecule has 2 heterocycles. The van der Waals surface area contributed by atoms with Crippen LogP contribution in [0.25, 0.3) is 11.1 Å². The highest BCUT2D eigenvalue weighted by Crippen LogP contribution is 2.26. The van der Waals surface area contributed by atoms with E-state index < -0.39 is 0 Å². The minimum absolute atomic E-state index is 0.0414. The smallest absolute Gasteiger partial charge is 0.230 e. The largest absolute Gasteiger partial charge is 0.492 e. The van der Waals surface area contributed by atoms with Crippen molar-refractivity contribution in [2.24, 2.45) is 18.1 Å². The zero-order valence-corrected chi connectivity index (χ0v) is 14.3. The first kappa shape index (κ1) is 16.8. The topological polar surface area (TPSA) is 97.8 Å². The fourth-order valence-corrected chi connectivity index (χ4v) is 2.64. The fourth-order valence-electron chi connectivity index (χ4n) is 2.64. The summed E-state index contributed by atoms with van der Waals surface area (Å²) in [5, 5.41) is 12.8. The molecule has 1 unspecified atom stereocenters. The summed E-state index contributed by atoms with van der Waals surface area (Å²) in [6.07, 6.45) is 5.35. The molecule has 132 valence electrons. The van der Waals surface area contributed by atoms with E-state index in [1.54, 1.807) is 28.2 Å². The number of aromatic nitrogens is 2. The summed E-state index contributed by atoms with van der Waals surface area (Å²) in [6, 6.07) is 5.55. The minimum atomic E-state index is -0.199. The summed E-state index contributed by atoms with van der Waals surface area (Å²) < 4.78 is 7.46. The first-order chi connectivity index (χ1) is 12.0. The third-order valence-electron chi connectivity index (χ3n) is 3.88. The van der Waals surface area contributed by atoms with Gasteiger partial charge in [0, 0.05) is 43.8 Å². The lowest BCUT2D eigenvalue weighted by Crippen LogP contribution is -2.36. The number of nitrogens with one attached hydrogen (secondary N) is 1. The number of amides is 1. The number of carbonyl (C=O) groups excluding carboxylic acids is 1. The van der Waals surface area contributed by atoms with E-state index >= 15 is 0 Å². The first-order valence-corrected chi connectivity index (χ1v) is 8.06. The molecule has 3 rings (SSSR count). The molecule has 1 aliphatic heterocycles. The van der Waals surface area contributed by atoms with Crippen LogP contribution < -0.4 is 15.8 Å². The van der Waals surface area contributed by atoms with Gasteiger partial charge < -0.3 is 15.8 Å². The van der Waals surface area contributed by atoms with Crippen LogP contribution in [0.1, 0.15) is 0 Å². The molecule has 0 fully saturated rings. The Kier molecular flexibility index (Phi) is 4.87. The van der Waals surface area contributed by atoms with Crippen molar-refractivity contribution in [3.05, 3.63) is 30.6 Å². The van der Waals surface area contributed by atoms with Gasteiger partial charge in [0.05, 0.1) is 25.2 Å². The highest BCUT2D eigenvalue weighted by molar-refractivity contribution is 5.94. The second kappa shape index (κ2) is 7.25. The zero-order chi connectivity index (χ0) is 17.8. The normalized spacial score (nSPS) is 16.2. The number of ether oxygens (including phenoxy) is 1. The Morgan fingerprint density at radius 2 is 2.20 bits per heavy atom. The van der Waals surface area contributed by atoms with Crippen LogP contribution in [0.5, 0.6) is 5.75 Å². The Labute approximate surface area is 146 Å². The quantitative estimate of drug-likeness (QED) is 0.595. The van der Waals surface area contributed by atoms with Crippen LogP contribution in [0.2, 0.25) is 0 Å². The maximum absolute atomic E-state index is 12.0. The first-order valence-electron chi connectivity index (χ1n) is 8.06. The predicted octanol–water partition coefficient (Wildman–Crippen LogP) is 0.712. The van der Waals surface area contributed by atoms with Crippen LogP contribution in [0.3, 0.4) is 0 Å². The number of hydrogen-bond acceptors (Lipinski definition) is 6. The number of aryl methyl sites for hydroxylation is 1. The van der Waals surface area contributed by atoms with E-state index in [0.29, 0.717) is 31.1 Å². The van der Waals surface area contributed by atoms with E-state index in [4.69, 9.17) is 10.5 Å². The molecule has 0 saturated heterocycles. The molecular weight excluding hydrogens is 320 g/mol. The van der Waals surface area contributed by atoms with Crippen molar-refractivity contribution in [3.63, 3.8) is 0 Å². The standard InChI is InChI=1S/C17H22N6O2/c1-22-10-13(8-20-22)12-5-15(18)7-16(6-12)25-4-3-19-17(24)14-9-21-23(2)11-14/h5-10,14H,3-4,11,18H2,1-2H3,(H,19,24). The number of carbonyl (C=O) groups is 1. The molecule has 1 aromatic carbocycles. The van der Waals surface area contributed by atoms with Crippen molar-refractivity contribution >= 4 is 17.8 Å². The van der Waals surface area contributed by atoms with Crippen LogP contribution in [0.15, 0.2) is 35.7 Å². The summed E-state index contributed by atoms with van der Waals surface area (Å²) in [6.45, 7) is 1.39. The number of anilines is 1. The SMILES string of the molecule is CN1CC(C(=O)NCCOc2cc(N)cc(-c3cnn(C)c3)c2)C=N1. The Hall–Kier alpha value is -3.03. The number of rotatable bonds is 6. The van der Waals surface area contributed by atoms with Crippen molar-refractivity contribution in [1.29, 1.82) is 0 Å². The van der Waals surface area contributed by atoms with Crippen molar-refractivity contribution < 1.29 is 9.53 Å². The number of hydrazone groups is 1. The Bertz CT molecular complexity index is 785. The zero-order valence-electron chi connectivity index (χ0n) is 14.3. The van der Waals surface area contributed by atoms with Gasteiger partial charge in [0.2, 0.25) is 5.91 Å². The van der Waals surface area contributed by atoms with E-state index in [1.165, 1.54) is 0 Å². The van der Waals surface area contributed by atoms with Gasteiger partial charge in [-0.3, -0.25) is 14.5 Å². The van der Waals surface area contributed by atoms with Crippen molar-refractivity contribution in [3.8, 4) is 16.9 Å². The van der Waals surface area contributed by atoms with Crippen molar-refractivity contribution in [1.82, 2.24) is 20.1 Å². The summed E-state index contributed by atoms with van der Waals surface area (Å²) in [5.74, 6) is 0.421. The van der Waals surface area contributed by atoms with Gasteiger partial charge in [0.25, 0.3) is 0 Å². The van der Waals surface area contributed by atoms with Gasteiger partial charge in [-0.05, 0) is 17.7 Å². The second-order valence-electron chi connectivity index (χ2n) is 6.04. The van der Waals surface area contributed by atoms with Gasteiger partial charge in [-0.1, -0.05) is 0 Å². The third kappa shape index (κ3) is 4.28. The lowest BCUT2D eigenvalue weighted by molar-refractivity contribution is -0.123. The Balaban J connectivity index is 1.52. The maximum Gasteiger partial charge on any atom is 0.230 e. The molecule has 8 nitrogen and oxygen atoms in total. The summed E-state index contributed by atoms with van der Waals surface area (Å²) in [4.78, 5) is 12.0. The molecule has 1 amide bonds. The fraction of sp³-hybridized carbons (Fsp3) is 0.353. The Morgan fingerprint density at radius 1 is 1.36 bits per heavy atom. The molecule has 8 heteroatoms. The van der Waals surface area contributed by atoms with Gasteiger partial charge in [-0.15, -0.1) is 0 Å². The molecular formula is C17H22N6O2. The molecule has 0 saturated carbocycles. The highest BCUT2D eigenvalue weighted by atomic mass is 16.5. The maximum atomic E-state index is 12.0. The number of hydrogen-bond donors (Lipinski definition) is 2. The van der Waals surface area contributed by atoms with Gasteiger partial charge in [-0.25, -0.2) is 0 Å². The average Bonchev–Trinajstić information content (AvgIpc) is 3.19. The molecule has 1 aliphatic rings. The molecule has 2 aromatic rings. The average molecular weight is 342 g/mol. The van der Waals surface area contributed by atoms with Crippen LogP contribution in [-0.4, -0.2) is 53.7 Å². The van der Waals surface area contributed by atoms with Crippen LogP contribution in [0.4, 0.5) is 5.69 Å².